The van der Waals surface area contributed by atoms with Crippen LogP contribution in [0.5, 0.6) is 11.5 Å². The second kappa shape index (κ2) is 7.65. The fourth-order valence-corrected chi connectivity index (χ4v) is 3.08. The predicted molar refractivity (Wildman–Crippen MR) is 96.5 cm³/mol. The number of azo groups is 1. The molecule has 7 nitrogen and oxygen atoms in total. The van der Waals surface area contributed by atoms with Gasteiger partial charge in [-0.1, -0.05) is 0 Å². The van der Waals surface area contributed by atoms with Gasteiger partial charge in [-0.15, -0.1) is 21.6 Å². The molecule has 0 unspecified atom stereocenters. The third-order valence-corrected chi connectivity index (χ3v) is 4.63. The van der Waals surface area contributed by atoms with E-state index in [2.05, 4.69) is 22.4 Å². The lowest BCUT2D eigenvalue weighted by molar-refractivity contribution is 0.404. The number of nitriles is 2. The molecular weight excluding hydrogens is 338 g/mol. The Hall–Kier alpha value is -3.10. The number of methoxy groups -OCH3 is 2. The van der Waals surface area contributed by atoms with E-state index in [9.17, 15) is 5.26 Å². The van der Waals surface area contributed by atoms with Crippen LogP contribution >= 0.6 is 11.3 Å². The summed E-state index contributed by atoms with van der Waals surface area (Å²) in [5.74, 6) is 1.15. The summed E-state index contributed by atoms with van der Waals surface area (Å²) in [6.45, 7) is 1.72. The average Bonchev–Trinajstić information content (AvgIpc) is 2.93. The van der Waals surface area contributed by atoms with Crippen molar-refractivity contribution in [2.45, 2.75) is 6.92 Å². The molecule has 0 aliphatic carbocycles. The van der Waals surface area contributed by atoms with Gasteiger partial charge >= 0.3 is 0 Å². The number of benzene rings is 1. The van der Waals surface area contributed by atoms with Gasteiger partial charge in [0.05, 0.1) is 25.5 Å². The highest BCUT2D eigenvalue weighted by Gasteiger charge is 2.16. The maximum Gasteiger partial charge on any atom is 0.158 e. The normalized spacial score (nSPS) is 10.4. The van der Waals surface area contributed by atoms with Crippen LogP contribution in [0.4, 0.5) is 16.4 Å². The molecule has 2 rings (SSSR count). The van der Waals surface area contributed by atoms with Crippen LogP contribution in [-0.2, 0) is 0 Å². The molecule has 0 bridgehead atoms. The molecule has 0 fully saturated rings. The largest absolute Gasteiger partial charge is 0.494 e. The molecule has 0 N–H and O–H groups in total. The quantitative estimate of drug-likeness (QED) is 0.745. The number of thiophene rings is 1. The number of nitrogens with zero attached hydrogens (tertiary/aromatic N) is 5. The summed E-state index contributed by atoms with van der Waals surface area (Å²) < 4.78 is 10.8. The van der Waals surface area contributed by atoms with Gasteiger partial charge in [0.2, 0.25) is 0 Å². The van der Waals surface area contributed by atoms with E-state index in [-0.39, 0.29) is 0 Å². The Morgan fingerprint density at radius 1 is 1.04 bits per heavy atom. The Morgan fingerprint density at radius 3 is 2.24 bits per heavy atom. The molecule has 0 atom stereocenters. The van der Waals surface area contributed by atoms with Gasteiger partial charge in [0.25, 0.3) is 0 Å². The summed E-state index contributed by atoms with van der Waals surface area (Å²) >= 11 is 1.14. The zero-order chi connectivity index (χ0) is 18.6. The van der Waals surface area contributed by atoms with E-state index in [1.165, 1.54) is 0 Å². The van der Waals surface area contributed by atoms with Crippen molar-refractivity contribution >= 4 is 27.7 Å². The summed E-state index contributed by atoms with van der Waals surface area (Å²) in [6, 6.07) is 7.66. The van der Waals surface area contributed by atoms with Crippen molar-refractivity contribution in [1.82, 2.24) is 0 Å². The molecule has 0 aliphatic heterocycles. The Kier molecular flexibility index (Phi) is 5.58. The number of rotatable bonds is 5. The number of hydrogen-bond donors (Lipinski definition) is 0. The van der Waals surface area contributed by atoms with Crippen LogP contribution in [-0.4, -0.2) is 28.3 Å². The van der Waals surface area contributed by atoms with Gasteiger partial charge in [0, 0.05) is 26.2 Å². The van der Waals surface area contributed by atoms with Gasteiger partial charge in [-0.25, -0.2) is 0 Å². The highest BCUT2D eigenvalue weighted by Crippen LogP contribution is 2.41. The first-order valence-electron chi connectivity index (χ1n) is 7.25. The van der Waals surface area contributed by atoms with Gasteiger partial charge < -0.3 is 14.4 Å². The van der Waals surface area contributed by atoms with Crippen LogP contribution in [0, 0.1) is 29.6 Å². The van der Waals surface area contributed by atoms with Crippen LogP contribution in [0.1, 0.15) is 16.0 Å². The SMILES string of the molecule is COc1cc(N(C)C)c(OC)cc1/N=N/c1sc(C#N)c(C)c1C#N. The molecule has 8 heteroatoms. The fourth-order valence-electron chi connectivity index (χ4n) is 2.20. The topological polar surface area (TPSA) is 94.0 Å². The summed E-state index contributed by atoms with van der Waals surface area (Å²) in [5.41, 5.74) is 2.30. The monoisotopic (exact) mass is 355 g/mol. The van der Waals surface area contributed by atoms with Crippen LogP contribution in [0.25, 0.3) is 0 Å². The van der Waals surface area contributed by atoms with E-state index in [1.54, 1.807) is 33.3 Å². The predicted octanol–water partition coefficient (Wildman–Crippen LogP) is 4.30. The second-order valence-electron chi connectivity index (χ2n) is 5.25. The van der Waals surface area contributed by atoms with E-state index in [4.69, 9.17) is 14.7 Å². The van der Waals surface area contributed by atoms with Crippen molar-refractivity contribution in [1.29, 1.82) is 10.5 Å². The summed E-state index contributed by atoms with van der Waals surface area (Å²) in [7, 11) is 6.92. The highest BCUT2D eigenvalue weighted by molar-refractivity contribution is 7.16. The highest BCUT2D eigenvalue weighted by atomic mass is 32.1. The second-order valence-corrected chi connectivity index (χ2v) is 6.25. The minimum Gasteiger partial charge on any atom is -0.494 e. The Labute approximate surface area is 150 Å². The minimum atomic E-state index is 0.362. The van der Waals surface area contributed by atoms with E-state index in [0.717, 1.165) is 17.0 Å². The summed E-state index contributed by atoms with van der Waals surface area (Å²) in [5, 5.41) is 27.1. The Bertz CT molecular complexity index is 903. The smallest absolute Gasteiger partial charge is 0.158 e. The van der Waals surface area contributed by atoms with Gasteiger partial charge in [-0.3, -0.25) is 0 Å². The molecule has 0 spiro atoms. The lowest BCUT2D eigenvalue weighted by Crippen LogP contribution is -2.10. The molecule has 0 saturated heterocycles. The van der Waals surface area contributed by atoms with E-state index >= 15 is 0 Å². The van der Waals surface area contributed by atoms with Crippen molar-refractivity contribution in [2.75, 3.05) is 33.2 Å². The first kappa shape index (κ1) is 18.2. The summed E-state index contributed by atoms with van der Waals surface area (Å²) in [4.78, 5) is 2.36. The van der Waals surface area contributed by atoms with Gasteiger partial charge in [-0.2, -0.15) is 10.5 Å². The van der Waals surface area contributed by atoms with E-state index < -0.39 is 0 Å². The zero-order valence-electron chi connectivity index (χ0n) is 14.6. The van der Waals surface area contributed by atoms with E-state index in [0.29, 0.717) is 38.2 Å². The van der Waals surface area contributed by atoms with Gasteiger partial charge in [-0.05, 0) is 12.5 Å². The molecule has 128 valence electrons. The maximum absolute atomic E-state index is 9.28. The molecule has 1 aromatic carbocycles. The molecule has 0 saturated carbocycles. The Morgan fingerprint density at radius 2 is 1.72 bits per heavy atom. The van der Waals surface area contributed by atoms with Crippen molar-refractivity contribution in [3.05, 3.63) is 28.1 Å². The zero-order valence-corrected chi connectivity index (χ0v) is 15.4. The molecule has 2 aromatic rings. The Balaban J connectivity index is 2.52. The molecular formula is C17H17N5O2S. The summed E-state index contributed by atoms with van der Waals surface area (Å²) in [6.07, 6.45) is 0. The third-order valence-electron chi connectivity index (χ3n) is 3.55. The third kappa shape index (κ3) is 3.54. The van der Waals surface area contributed by atoms with Crippen molar-refractivity contribution in [3.8, 4) is 23.6 Å². The molecule has 0 amide bonds. The van der Waals surface area contributed by atoms with Crippen molar-refractivity contribution in [2.24, 2.45) is 10.2 Å². The van der Waals surface area contributed by atoms with Crippen LogP contribution in [0.3, 0.4) is 0 Å². The molecule has 25 heavy (non-hydrogen) atoms. The minimum absolute atomic E-state index is 0.362. The average molecular weight is 355 g/mol. The van der Waals surface area contributed by atoms with Crippen molar-refractivity contribution < 1.29 is 9.47 Å². The van der Waals surface area contributed by atoms with Gasteiger partial charge in [0.15, 0.2) is 5.00 Å². The van der Waals surface area contributed by atoms with Crippen LogP contribution < -0.4 is 14.4 Å². The maximum atomic E-state index is 9.28. The first-order chi connectivity index (χ1) is 12.0. The lowest BCUT2D eigenvalue weighted by Gasteiger charge is -2.18. The molecule has 1 heterocycles. The van der Waals surface area contributed by atoms with Crippen molar-refractivity contribution in [3.63, 3.8) is 0 Å². The van der Waals surface area contributed by atoms with E-state index in [1.807, 2.05) is 19.0 Å². The van der Waals surface area contributed by atoms with Crippen LogP contribution in [0.2, 0.25) is 0 Å². The van der Waals surface area contributed by atoms with Crippen LogP contribution in [0.15, 0.2) is 22.4 Å². The van der Waals surface area contributed by atoms with Gasteiger partial charge in [0.1, 0.15) is 34.2 Å². The number of ether oxygens (including phenoxy) is 2. The number of anilines is 1. The molecule has 1 aromatic heterocycles. The molecule has 0 aliphatic rings. The number of hydrogen-bond acceptors (Lipinski definition) is 8. The molecule has 0 radical (unpaired) electrons. The first-order valence-corrected chi connectivity index (χ1v) is 8.07. The fraction of sp³-hybridized carbons (Fsp3) is 0.294. The standard InChI is InChI=1S/C17H17N5O2S/c1-10-11(8-18)17(25-16(10)9-19)21-20-12-6-15(24-5)13(22(2)3)7-14(12)23-4/h6-7H,1-5H3/b21-20+. The lowest BCUT2D eigenvalue weighted by atomic mass is 10.2.